The Hall–Kier alpha value is -2.42. The van der Waals surface area contributed by atoms with Crippen LogP contribution in [0.15, 0.2) is 24.3 Å². The maximum Gasteiger partial charge on any atom is 0.251 e. The number of carbonyl (C=O) groups is 2. The predicted molar refractivity (Wildman–Crippen MR) is 61.7 cm³/mol. The lowest BCUT2D eigenvalue weighted by molar-refractivity contribution is -0.119. The maximum absolute atomic E-state index is 12.7. The molecule has 0 aromatic heterocycles. The van der Waals surface area contributed by atoms with Crippen molar-refractivity contribution in [3.8, 4) is 6.07 Å². The third-order valence-electron chi connectivity index (χ3n) is 2.30. The van der Waals surface area contributed by atoms with Crippen LogP contribution in [0, 0.1) is 17.1 Å². The van der Waals surface area contributed by atoms with Gasteiger partial charge < -0.3 is 11.1 Å². The maximum atomic E-state index is 12.7. The van der Waals surface area contributed by atoms with Crippen LogP contribution in [-0.4, -0.2) is 17.9 Å². The average molecular weight is 249 g/mol. The van der Waals surface area contributed by atoms with Gasteiger partial charge in [0.1, 0.15) is 11.9 Å². The van der Waals surface area contributed by atoms with Crippen molar-refractivity contribution >= 4 is 11.8 Å². The normalized spacial score (nSPS) is 11.3. The Balaban J connectivity index is 2.69. The highest BCUT2D eigenvalue weighted by Crippen LogP contribution is 2.04. The summed E-state index contributed by atoms with van der Waals surface area (Å²) >= 11 is 0. The third kappa shape index (κ3) is 3.87. The summed E-state index contributed by atoms with van der Waals surface area (Å²) in [7, 11) is 0. The van der Waals surface area contributed by atoms with E-state index in [4.69, 9.17) is 11.0 Å². The van der Waals surface area contributed by atoms with Crippen LogP contribution < -0.4 is 11.1 Å². The minimum absolute atomic E-state index is 0.108. The molecule has 0 radical (unpaired) electrons. The lowest BCUT2D eigenvalue weighted by atomic mass is 10.1. The van der Waals surface area contributed by atoms with E-state index in [9.17, 15) is 14.0 Å². The van der Waals surface area contributed by atoms with Crippen LogP contribution in [0.1, 0.15) is 23.2 Å². The Bertz CT molecular complexity index is 479. The lowest BCUT2D eigenvalue weighted by Crippen LogP contribution is -2.44. The average Bonchev–Trinajstić information content (AvgIpc) is 2.34. The summed E-state index contributed by atoms with van der Waals surface area (Å²) in [5.41, 5.74) is 5.33. The Morgan fingerprint density at radius 1 is 1.39 bits per heavy atom. The van der Waals surface area contributed by atoms with Crippen molar-refractivity contribution in [2.24, 2.45) is 5.73 Å². The number of carbonyl (C=O) groups excluding carboxylic acids is 2. The van der Waals surface area contributed by atoms with Gasteiger partial charge in [-0.1, -0.05) is 0 Å². The van der Waals surface area contributed by atoms with E-state index < -0.39 is 23.7 Å². The SMILES string of the molecule is N#CCC[C@H](NC(=O)c1ccc(F)cc1)C(N)=O. The highest BCUT2D eigenvalue weighted by molar-refractivity contribution is 5.97. The van der Waals surface area contributed by atoms with Crippen molar-refractivity contribution in [3.63, 3.8) is 0 Å². The van der Waals surface area contributed by atoms with E-state index in [1.54, 1.807) is 0 Å². The Morgan fingerprint density at radius 3 is 2.50 bits per heavy atom. The van der Waals surface area contributed by atoms with Gasteiger partial charge in [0.05, 0.1) is 6.07 Å². The molecule has 3 N–H and O–H groups in total. The van der Waals surface area contributed by atoms with Crippen molar-refractivity contribution in [1.29, 1.82) is 5.26 Å². The first-order chi connectivity index (χ1) is 8.54. The summed E-state index contributed by atoms with van der Waals surface area (Å²) in [5, 5.41) is 10.8. The molecule has 0 spiro atoms. The van der Waals surface area contributed by atoms with Crippen LogP contribution >= 0.6 is 0 Å². The number of nitrogens with zero attached hydrogens (tertiary/aromatic N) is 1. The van der Waals surface area contributed by atoms with Crippen molar-refractivity contribution in [2.45, 2.75) is 18.9 Å². The molecule has 0 aliphatic heterocycles. The smallest absolute Gasteiger partial charge is 0.251 e. The van der Waals surface area contributed by atoms with E-state index in [2.05, 4.69) is 5.32 Å². The van der Waals surface area contributed by atoms with Crippen LogP contribution in [0.3, 0.4) is 0 Å². The minimum atomic E-state index is -0.901. The monoisotopic (exact) mass is 249 g/mol. The predicted octanol–water partition coefficient (Wildman–Crippen LogP) is 0.713. The number of nitrogens with two attached hydrogens (primary N) is 1. The summed E-state index contributed by atoms with van der Waals surface area (Å²) in [4.78, 5) is 22.8. The van der Waals surface area contributed by atoms with Crippen molar-refractivity contribution in [1.82, 2.24) is 5.32 Å². The van der Waals surface area contributed by atoms with E-state index in [0.717, 1.165) is 12.1 Å². The molecule has 2 amide bonds. The zero-order chi connectivity index (χ0) is 13.5. The molecule has 1 aromatic carbocycles. The van der Waals surface area contributed by atoms with Crippen LogP contribution in [0.5, 0.6) is 0 Å². The van der Waals surface area contributed by atoms with Gasteiger partial charge in [0.15, 0.2) is 0 Å². The molecule has 0 heterocycles. The van der Waals surface area contributed by atoms with E-state index >= 15 is 0 Å². The second-order valence-corrected chi connectivity index (χ2v) is 3.63. The molecule has 0 fully saturated rings. The zero-order valence-electron chi connectivity index (χ0n) is 9.52. The number of nitrogens with one attached hydrogen (secondary N) is 1. The number of primary amides is 1. The van der Waals surface area contributed by atoms with Gasteiger partial charge in [0.2, 0.25) is 5.91 Å². The van der Waals surface area contributed by atoms with Gasteiger partial charge in [0.25, 0.3) is 5.91 Å². The number of halogens is 1. The Kier molecular flexibility index (Phi) is 4.81. The first-order valence-corrected chi connectivity index (χ1v) is 5.27. The van der Waals surface area contributed by atoms with Gasteiger partial charge in [-0.05, 0) is 30.7 Å². The molecule has 1 rings (SSSR count). The second-order valence-electron chi connectivity index (χ2n) is 3.63. The van der Waals surface area contributed by atoms with Gasteiger partial charge in [-0.25, -0.2) is 4.39 Å². The van der Waals surface area contributed by atoms with Crippen LogP contribution in [0.4, 0.5) is 4.39 Å². The summed E-state index contributed by atoms with van der Waals surface area (Å²) in [6.07, 6.45) is 0.260. The number of nitriles is 1. The molecule has 94 valence electrons. The molecular weight excluding hydrogens is 237 g/mol. The summed E-state index contributed by atoms with van der Waals surface area (Å²) in [6, 6.07) is 5.85. The molecule has 0 unspecified atom stereocenters. The van der Waals surface area contributed by atoms with E-state index in [1.807, 2.05) is 6.07 Å². The molecule has 0 bridgehead atoms. The number of amides is 2. The van der Waals surface area contributed by atoms with E-state index in [-0.39, 0.29) is 18.4 Å². The summed E-state index contributed by atoms with van der Waals surface area (Å²) in [5.74, 6) is -1.69. The van der Waals surface area contributed by atoms with Gasteiger partial charge in [0, 0.05) is 12.0 Å². The van der Waals surface area contributed by atoms with Crippen LogP contribution in [-0.2, 0) is 4.79 Å². The molecular formula is C12H12FN3O2. The van der Waals surface area contributed by atoms with E-state index in [1.165, 1.54) is 12.1 Å². The standard InChI is InChI=1S/C12H12FN3O2/c13-9-5-3-8(4-6-9)12(18)16-10(11(15)17)2-1-7-14/h3-6,10H,1-2H2,(H2,15,17)(H,16,18)/t10-/m0/s1. The highest BCUT2D eigenvalue weighted by atomic mass is 19.1. The minimum Gasteiger partial charge on any atom is -0.368 e. The first-order valence-electron chi connectivity index (χ1n) is 5.27. The number of hydrogen-bond acceptors (Lipinski definition) is 3. The Morgan fingerprint density at radius 2 is 2.00 bits per heavy atom. The molecule has 0 saturated carbocycles. The molecule has 5 nitrogen and oxygen atoms in total. The first kappa shape index (κ1) is 13.6. The molecule has 6 heteroatoms. The second kappa shape index (κ2) is 6.35. The van der Waals surface area contributed by atoms with Gasteiger partial charge in [-0.2, -0.15) is 5.26 Å². The van der Waals surface area contributed by atoms with Crippen molar-refractivity contribution in [3.05, 3.63) is 35.6 Å². The van der Waals surface area contributed by atoms with E-state index in [0.29, 0.717) is 0 Å². The fourth-order valence-corrected chi connectivity index (χ4v) is 1.34. The fraction of sp³-hybridized carbons (Fsp3) is 0.250. The van der Waals surface area contributed by atoms with Crippen LogP contribution in [0.2, 0.25) is 0 Å². The quantitative estimate of drug-likeness (QED) is 0.804. The molecule has 18 heavy (non-hydrogen) atoms. The highest BCUT2D eigenvalue weighted by Gasteiger charge is 2.18. The van der Waals surface area contributed by atoms with Gasteiger partial charge in [-0.15, -0.1) is 0 Å². The van der Waals surface area contributed by atoms with Gasteiger partial charge >= 0.3 is 0 Å². The molecule has 0 aliphatic carbocycles. The van der Waals surface area contributed by atoms with Gasteiger partial charge in [-0.3, -0.25) is 9.59 Å². The third-order valence-corrected chi connectivity index (χ3v) is 2.30. The molecule has 1 aromatic rings. The molecule has 1 atom stereocenters. The fourth-order valence-electron chi connectivity index (χ4n) is 1.34. The summed E-state index contributed by atoms with van der Waals surface area (Å²) < 4.78 is 12.7. The number of rotatable bonds is 5. The summed E-state index contributed by atoms with van der Waals surface area (Å²) in [6.45, 7) is 0. The van der Waals surface area contributed by atoms with Crippen LogP contribution in [0.25, 0.3) is 0 Å². The number of benzene rings is 1. The van der Waals surface area contributed by atoms with Crippen molar-refractivity contribution < 1.29 is 14.0 Å². The van der Waals surface area contributed by atoms with Crippen molar-refractivity contribution in [2.75, 3.05) is 0 Å². The Labute approximate surface area is 103 Å². The lowest BCUT2D eigenvalue weighted by Gasteiger charge is -2.13. The molecule has 0 saturated heterocycles. The topological polar surface area (TPSA) is 96.0 Å². The largest absolute Gasteiger partial charge is 0.368 e. The zero-order valence-corrected chi connectivity index (χ0v) is 9.52. The molecule has 0 aliphatic rings. The number of hydrogen-bond donors (Lipinski definition) is 2.